The third-order valence-corrected chi connectivity index (χ3v) is 5.42. The topological polar surface area (TPSA) is 116 Å². The maximum Gasteiger partial charge on any atom is 0.410 e. The minimum Gasteiger partial charge on any atom is -0.481 e. The number of terminal acetylenes is 1. The molecule has 0 radical (unpaired) electrons. The maximum absolute atomic E-state index is 12.6. The Bertz CT molecular complexity index is 733. The highest BCUT2D eigenvalue weighted by Crippen LogP contribution is 2.24. The number of carboxylic acid groups (broad SMARTS) is 1. The van der Waals surface area contributed by atoms with E-state index in [0.717, 1.165) is 0 Å². The summed E-state index contributed by atoms with van der Waals surface area (Å²) in [6.45, 7) is 7.56. The quantitative estimate of drug-likeness (QED) is 0.585. The molecule has 0 spiro atoms. The standard InChI is InChI=1S/C22H33N3O6/c1-5-17(11-19(27)28)23-20(29)16-7-6-10-24(14-16)18(26)9-8-15-12-25(13-15)21(30)31-22(2,3)4/h1,15-17H,6-14H2,2-4H3,(H,23,29)(H,27,28)/t16-,17-/m1/s1. The lowest BCUT2D eigenvalue weighted by Gasteiger charge is -2.40. The third-order valence-electron chi connectivity index (χ3n) is 5.42. The number of aliphatic carboxylic acids is 1. The van der Waals surface area contributed by atoms with Crippen LogP contribution in [-0.2, 0) is 19.1 Å². The second kappa shape index (κ2) is 10.5. The zero-order chi connectivity index (χ0) is 23.2. The summed E-state index contributed by atoms with van der Waals surface area (Å²) in [5.41, 5.74) is -0.525. The zero-order valence-electron chi connectivity index (χ0n) is 18.6. The van der Waals surface area contributed by atoms with Gasteiger partial charge in [-0.05, 0) is 46.0 Å². The van der Waals surface area contributed by atoms with Crippen molar-refractivity contribution < 1.29 is 29.0 Å². The lowest BCUT2D eigenvalue weighted by Crippen LogP contribution is -2.52. The average Bonchev–Trinajstić information content (AvgIpc) is 2.64. The molecule has 2 atom stereocenters. The minimum atomic E-state index is -1.08. The molecule has 2 heterocycles. The van der Waals surface area contributed by atoms with Gasteiger partial charge in [0.05, 0.1) is 12.3 Å². The Balaban J connectivity index is 1.73. The summed E-state index contributed by atoms with van der Waals surface area (Å²) in [6, 6.07) is -0.859. The molecule has 172 valence electrons. The van der Waals surface area contributed by atoms with Crippen LogP contribution >= 0.6 is 0 Å². The van der Waals surface area contributed by atoms with Crippen LogP contribution in [0.5, 0.6) is 0 Å². The lowest BCUT2D eigenvalue weighted by molar-refractivity contribution is -0.137. The van der Waals surface area contributed by atoms with Crippen molar-refractivity contribution in [2.45, 2.75) is 64.5 Å². The van der Waals surface area contributed by atoms with Gasteiger partial charge >= 0.3 is 12.1 Å². The van der Waals surface area contributed by atoms with E-state index in [9.17, 15) is 19.2 Å². The molecule has 0 unspecified atom stereocenters. The van der Waals surface area contributed by atoms with Gasteiger partial charge in [0.1, 0.15) is 11.6 Å². The molecule has 0 bridgehead atoms. The predicted octanol–water partition coefficient (Wildman–Crippen LogP) is 1.46. The first-order valence-corrected chi connectivity index (χ1v) is 10.7. The van der Waals surface area contributed by atoms with Crippen molar-refractivity contribution in [3.63, 3.8) is 0 Å². The molecule has 0 saturated carbocycles. The second-order valence-corrected chi connectivity index (χ2v) is 9.29. The first-order valence-electron chi connectivity index (χ1n) is 10.7. The zero-order valence-corrected chi connectivity index (χ0v) is 18.6. The van der Waals surface area contributed by atoms with Gasteiger partial charge in [-0.25, -0.2) is 4.79 Å². The van der Waals surface area contributed by atoms with Crippen molar-refractivity contribution in [3.05, 3.63) is 0 Å². The normalized spacial score (nSPS) is 20.3. The molecular weight excluding hydrogens is 402 g/mol. The van der Waals surface area contributed by atoms with Gasteiger partial charge in [-0.1, -0.05) is 5.92 Å². The molecule has 3 amide bonds. The molecule has 2 aliphatic heterocycles. The van der Waals surface area contributed by atoms with Crippen molar-refractivity contribution in [2.24, 2.45) is 11.8 Å². The fourth-order valence-electron chi connectivity index (χ4n) is 3.75. The van der Waals surface area contributed by atoms with Crippen LogP contribution < -0.4 is 5.32 Å². The van der Waals surface area contributed by atoms with Gasteiger partial charge in [0, 0.05) is 32.6 Å². The van der Waals surface area contributed by atoms with E-state index in [4.69, 9.17) is 16.3 Å². The van der Waals surface area contributed by atoms with E-state index < -0.39 is 23.5 Å². The van der Waals surface area contributed by atoms with E-state index in [1.165, 1.54) is 0 Å². The highest BCUT2D eigenvalue weighted by Gasteiger charge is 2.35. The molecule has 9 nitrogen and oxygen atoms in total. The lowest BCUT2D eigenvalue weighted by atomic mass is 9.93. The molecule has 31 heavy (non-hydrogen) atoms. The summed E-state index contributed by atoms with van der Waals surface area (Å²) in [7, 11) is 0. The van der Waals surface area contributed by atoms with E-state index in [2.05, 4.69) is 11.2 Å². The van der Waals surface area contributed by atoms with Gasteiger partial charge < -0.3 is 25.0 Å². The number of hydrogen-bond donors (Lipinski definition) is 2. The number of carbonyl (C=O) groups is 4. The number of carboxylic acids is 1. The van der Waals surface area contributed by atoms with Crippen molar-refractivity contribution in [2.75, 3.05) is 26.2 Å². The van der Waals surface area contributed by atoms with Crippen molar-refractivity contribution >= 4 is 23.9 Å². The number of carbonyl (C=O) groups excluding carboxylic acids is 3. The van der Waals surface area contributed by atoms with Crippen LogP contribution in [0.3, 0.4) is 0 Å². The Morgan fingerprint density at radius 3 is 2.45 bits per heavy atom. The molecule has 2 saturated heterocycles. The molecule has 0 aromatic heterocycles. The molecule has 0 aliphatic carbocycles. The van der Waals surface area contributed by atoms with E-state index in [1.807, 2.05) is 20.8 Å². The number of piperidine rings is 1. The van der Waals surface area contributed by atoms with Gasteiger partial charge in [0.25, 0.3) is 0 Å². The van der Waals surface area contributed by atoms with Gasteiger partial charge in [-0.3, -0.25) is 14.4 Å². The summed E-state index contributed by atoms with van der Waals surface area (Å²) in [5, 5.41) is 11.4. The van der Waals surface area contributed by atoms with Crippen LogP contribution in [0.2, 0.25) is 0 Å². The molecule has 2 N–H and O–H groups in total. The van der Waals surface area contributed by atoms with Crippen LogP contribution in [-0.4, -0.2) is 76.6 Å². The molecule has 2 fully saturated rings. The number of nitrogens with one attached hydrogen (secondary N) is 1. The summed E-state index contributed by atoms with van der Waals surface area (Å²) < 4.78 is 5.33. The summed E-state index contributed by atoms with van der Waals surface area (Å²) >= 11 is 0. The molecule has 0 aromatic rings. The summed E-state index contributed by atoms with van der Waals surface area (Å²) in [4.78, 5) is 51.2. The second-order valence-electron chi connectivity index (χ2n) is 9.29. The van der Waals surface area contributed by atoms with Gasteiger partial charge in [0.2, 0.25) is 11.8 Å². The molecule has 0 aromatic carbocycles. The van der Waals surface area contributed by atoms with Crippen LogP contribution in [0.1, 0.15) is 52.9 Å². The number of hydrogen-bond acceptors (Lipinski definition) is 5. The van der Waals surface area contributed by atoms with E-state index >= 15 is 0 Å². The first kappa shape index (κ1) is 24.5. The van der Waals surface area contributed by atoms with Crippen LogP contribution in [0.4, 0.5) is 4.79 Å². The van der Waals surface area contributed by atoms with Gasteiger partial charge in [0.15, 0.2) is 0 Å². The SMILES string of the molecule is C#C[C@H](CC(=O)O)NC(=O)[C@@H]1CCCN(C(=O)CCC2CN(C(=O)OC(C)(C)C)C2)C1. The largest absolute Gasteiger partial charge is 0.481 e. The first-order chi connectivity index (χ1) is 14.5. The highest BCUT2D eigenvalue weighted by molar-refractivity contribution is 5.82. The molecular formula is C22H33N3O6. The fraction of sp³-hybridized carbons (Fsp3) is 0.727. The Labute approximate surface area is 183 Å². The van der Waals surface area contributed by atoms with E-state index in [0.29, 0.717) is 51.9 Å². The number of likely N-dealkylation sites (tertiary alicyclic amines) is 2. The smallest absolute Gasteiger partial charge is 0.410 e. The Hall–Kier alpha value is -2.76. The average molecular weight is 436 g/mol. The van der Waals surface area contributed by atoms with Crippen molar-refractivity contribution in [3.8, 4) is 12.3 Å². The van der Waals surface area contributed by atoms with E-state index in [1.54, 1.807) is 9.80 Å². The highest BCUT2D eigenvalue weighted by atomic mass is 16.6. The summed E-state index contributed by atoms with van der Waals surface area (Å²) in [6.07, 6.45) is 7.03. The summed E-state index contributed by atoms with van der Waals surface area (Å²) in [5.74, 6) is 0.756. The van der Waals surface area contributed by atoms with Gasteiger partial charge in [-0.2, -0.15) is 0 Å². The van der Waals surface area contributed by atoms with Crippen molar-refractivity contribution in [1.29, 1.82) is 0 Å². The van der Waals surface area contributed by atoms with Crippen molar-refractivity contribution in [1.82, 2.24) is 15.1 Å². The molecule has 2 aliphatic rings. The number of amides is 3. The third kappa shape index (κ3) is 7.78. The van der Waals surface area contributed by atoms with Crippen LogP contribution in [0, 0.1) is 24.2 Å². The Kier molecular flexibility index (Phi) is 8.31. The predicted molar refractivity (Wildman–Crippen MR) is 113 cm³/mol. The minimum absolute atomic E-state index is 0.00717. The Morgan fingerprint density at radius 1 is 1.19 bits per heavy atom. The number of ether oxygens (including phenoxy) is 1. The van der Waals surface area contributed by atoms with E-state index in [-0.39, 0.29) is 30.2 Å². The molecule has 2 rings (SSSR count). The Morgan fingerprint density at radius 2 is 1.87 bits per heavy atom. The van der Waals surface area contributed by atoms with Crippen LogP contribution in [0.25, 0.3) is 0 Å². The number of rotatable bonds is 7. The fourth-order valence-corrected chi connectivity index (χ4v) is 3.75. The maximum atomic E-state index is 12.6. The monoisotopic (exact) mass is 435 g/mol. The van der Waals surface area contributed by atoms with Gasteiger partial charge in [-0.15, -0.1) is 6.42 Å². The van der Waals surface area contributed by atoms with Crippen LogP contribution in [0.15, 0.2) is 0 Å². The molecule has 9 heteroatoms. The number of nitrogens with zero attached hydrogens (tertiary/aromatic N) is 2.